The molecule has 4 nitrogen and oxygen atoms in total. The molecule has 0 N–H and O–H groups in total. The van der Waals surface area contributed by atoms with E-state index in [0.29, 0.717) is 12.8 Å². The molecule has 0 unspecified atom stereocenters. The van der Waals surface area contributed by atoms with Gasteiger partial charge in [-0.3, -0.25) is 9.59 Å². The Morgan fingerprint density at radius 1 is 0.938 bits per heavy atom. The summed E-state index contributed by atoms with van der Waals surface area (Å²) in [6.07, 6.45) is 3.92. The summed E-state index contributed by atoms with van der Waals surface area (Å²) >= 11 is 0. The molecule has 0 saturated heterocycles. The predicted molar refractivity (Wildman–Crippen MR) is 60.8 cm³/mol. The summed E-state index contributed by atoms with van der Waals surface area (Å²) < 4.78 is 9.35. The lowest BCUT2D eigenvalue weighted by Gasteiger charge is -2.31. The first kappa shape index (κ1) is 14.7. The molecule has 0 spiro atoms. The van der Waals surface area contributed by atoms with Crippen LogP contribution in [0, 0.1) is 5.41 Å². The first-order valence-electron chi connectivity index (χ1n) is 5.34. The minimum absolute atomic E-state index is 0.455. The van der Waals surface area contributed by atoms with Crippen LogP contribution in [0.3, 0.4) is 0 Å². The molecule has 1 aliphatic rings. The lowest BCUT2D eigenvalue weighted by atomic mass is 9.74. The van der Waals surface area contributed by atoms with E-state index in [1.165, 1.54) is 14.2 Å². The molecule has 0 aliphatic heterocycles. The molecule has 0 amide bonds. The third kappa shape index (κ3) is 2.84. The molecule has 0 aromatic rings. The lowest BCUT2D eigenvalue weighted by Crippen LogP contribution is -2.42. The van der Waals surface area contributed by atoms with Crippen molar-refractivity contribution in [3.05, 3.63) is 13.2 Å². The van der Waals surface area contributed by atoms with Crippen molar-refractivity contribution in [2.45, 2.75) is 32.1 Å². The van der Waals surface area contributed by atoms with E-state index in [1.54, 1.807) is 0 Å². The third-order valence-electron chi connectivity index (χ3n) is 2.86. The second-order valence-corrected chi connectivity index (χ2v) is 3.63. The summed E-state index contributed by atoms with van der Waals surface area (Å²) in [7, 11) is 2.61. The van der Waals surface area contributed by atoms with Gasteiger partial charge in [0.15, 0.2) is 5.41 Å². The van der Waals surface area contributed by atoms with Crippen molar-refractivity contribution in [2.24, 2.45) is 5.41 Å². The number of hydrogen-bond acceptors (Lipinski definition) is 4. The van der Waals surface area contributed by atoms with Crippen molar-refractivity contribution < 1.29 is 19.1 Å². The van der Waals surface area contributed by atoms with Crippen LogP contribution >= 0.6 is 0 Å². The van der Waals surface area contributed by atoms with Gasteiger partial charge in [-0.05, 0) is 12.8 Å². The summed E-state index contributed by atoms with van der Waals surface area (Å²) in [6, 6.07) is 0. The lowest BCUT2D eigenvalue weighted by molar-refractivity contribution is -0.171. The van der Waals surface area contributed by atoms with Crippen LogP contribution in [-0.2, 0) is 19.1 Å². The molecule has 0 bridgehead atoms. The van der Waals surface area contributed by atoms with E-state index in [1.807, 2.05) is 0 Å². The first-order valence-corrected chi connectivity index (χ1v) is 5.34. The SMILES string of the molecule is C=C.COC(=O)C1(C(=O)OC)CCCCC1. The van der Waals surface area contributed by atoms with Crippen molar-refractivity contribution >= 4 is 11.9 Å². The Kier molecular flexibility index (Phi) is 6.46. The molecule has 0 atom stereocenters. The molecule has 1 rings (SSSR count). The van der Waals surface area contributed by atoms with Crippen LogP contribution in [0.1, 0.15) is 32.1 Å². The molecule has 4 heteroatoms. The molecule has 16 heavy (non-hydrogen) atoms. The predicted octanol–water partition coefficient (Wildman–Crippen LogP) is 2.09. The quantitative estimate of drug-likeness (QED) is 0.412. The fourth-order valence-corrected chi connectivity index (χ4v) is 2.04. The molecule has 0 aromatic heterocycles. The van der Waals surface area contributed by atoms with Gasteiger partial charge in [0.2, 0.25) is 0 Å². The van der Waals surface area contributed by atoms with E-state index in [4.69, 9.17) is 0 Å². The molecular formula is C12H20O4. The molecular weight excluding hydrogens is 208 g/mol. The van der Waals surface area contributed by atoms with Crippen LogP contribution in [0.4, 0.5) is 0 Å². The van der Waals surface area contributed by atoms with Crippen molar-refractivity contribution in [1.29, 1.82) is 0 Å². The largest absolute Gasteiger partial charge is 0.468 e. The summed E-state index contributed by atoms with van der Waals surface area (Å²) in [5.74, 6) is -0.909. The van der Waals surface area contributed by atoms with Gasteiger partial charge in [-0.1, -0.05) is 19.3 Å². The third-order valence-corrected chi connectivity index (χ3v) is 2.86. The summed E-state index contributed by atoms with van der Waals surface area (Å²) in [5, 5.41) is 0. The van der Waals surface area contributed by atoms with Gasteiger partial charge in [-0.15, -0.1) is 13.2 Å². The fraction of sp³-hybridized carbons (Fsp3) is 0.667. The number of rotatable bonds is 2. The number of carbonyl (C=O) groups is 2. The fourth-order valence-electron chi connectivity index (χ4n) is 2.04. The topological polar surface area (TPSA) is 52.6 Å². The number of carbonyl (C=O) groups excluding carboxylic acids is 2. The normalized spacial score (nSPS) is 17.6. The second-order valence-electron chi connectivity index (χ2n) is 3.63. The summed E-state index contributed by atoms with van der Waals surface area (Å²) in [6.45, 7) is 6.00. The Balaban J connectivity index is 0.00000106. The van der Waals surface area contributed by atoms with Gasteiger partial charge < -0.3 is 9.47 Å². The molecule has 0 heterocycles. The number of hydrogen-bond donors (Lipinski definition) is 0. The number of methoxy groups -OCH3 is 2. The number of esters is 2. The van der Waals surface area contributed by atoms with Crippen LogP contribution in [0.2, 0.25) is 0 Å². The molecule has 1 fully saturated rings. The van der Waals surface area contributed by atoms with E-state index in [0.717, 1.165) is 19.3 Å². The Morgan fingerprint density at radius 2 is 1.31 bits per heavy atom. The van der Waals surface area contributed by atoms with E-state index >= 15 is 0 Å². The van der Waals surface area contributed by atoms with Gasteiger partial charge in [-0.2, -0.15) is 0 Å². The Hall–Kier alpha value is -1.32. The van der Waals surface area contributed by atoms with Crippen LogP contribution in [-0.4, -0.2) is 26.2 Å². The van der Waals surface area contributed by atoms with Gasteiger partial charge in [-0.25, -0.2) is 0 Å². The smallest absolute Gasteiger partial charge is 0.323 e. The van der Waals surface area contributed by atoms with Crippen LogP contribution < -0.4 is 0 Å². The van der Waals surface area contributed by atoms with Gasteiger partial charge in [0, 0.05) is 0 Å². The molecule has 1 aliphatic carbocycles. The van der Waals surface area contributed by atoms with Crippen molar-refractivity contribution in [3.63, 3.8) is 0 Å². The second kappa shape index (κ2) is 7.04. The van der Waals surface area contributed by atoms with Crippen molar-refractivity contribution in [3.8, 4) is 0 Å². The average molecular weight is 228 g/mol. The molecule has 1 saturated carbocycles. The highest BCUT2D eigenvalue weighted by atomic mass is 16.5. The first-order chi connectivity index (χ1) is 7.67. The van der Waals surface area contributed by atoms with Crippen molar-refractivity contribution in [2.75, 3.05) is 14.2 Å². The Morgan fingerprint density at radius 3 is 1.62 bits per heavy atom. The summed E-state index contributed by atoms with van der Waals surface area (Å²) in [4.78, 5) is 23.1. The summed E-state index contributed by atoms with van der Waals surface area (Å²) in [5.41, 5.74) is -1.03. The molecule has 0 radical (unpaired) electrons. The van der Waals surface area contributed by atoms with Gasteiger partial charge in [0.25, 0.3) is 0 Å². The minimum atomic E-state index is -1.03. The van der Waals surface area contributed by atoms with E-state index in [2.05, 4.69) is 22.6 Å². The highest BCUT2D eigenvalue weighted by Gasteiger charge is 2.48. The minimum Gasteiger partial charge on any atom is -0.468 e. The monoisotopic (exact) mass is 228 g/mol. The van der Waals surface area contributed by atoms with E-state index in [9.17, 15) is 9.59 Å². The highest BCUT2D eigenvalue weighted by Crippen LogP contribution is 2.38. The van der Waals surface area contributed by atoms with Gasteiger partial charge >= 0.3 is 11.9 Å². The maximum Gasteiger partial charge on any atom is 0.323 e. The van der Waals surface area contributed by atoms with Gasteiger partial charge in [0.05, 0.1) is 14.2 Å². The van der Waals surface area contributed by atoms with Crippen LogP contribution in [0.15, 0.2) is 13.2 Å². The number of ether oxygens (including phenoxy) is 2. The van der Waals surface area contributed by atoms with E-state index < -0.39 is 17.4 Å². The molecule has 92 valence electrons. The Labute approximate surface area is 96.6 Å². The van der Waals surface area contributed by atoms with E-state index in [-0.39, 0.29) is 0 Å². The zero-order chi connectivity index (χ0) is 12.6. The van der Waals surface area contributed by atoms with Gasteiger partial charge in [0.1, 0.15) is 0 Å². The highest BCUT2D eigenvalue weighted by molar-refractivity contribution is 6.00. The Bertz CT molecular complexity index is 223. The average Bonchev–Trinajstić information content (AvgIpc) is 2.39. The van der Waals surface area contributed by atoms with Crippen LogP contribution in [0.25, 0.3) is 0 Å². The zero-order valence-electron chi connectivity index (χ0n) is 10.1. The zero-order valence-corrected chi connectivity index (χ0v) is 10.1. The standard InChI is InChI=1S/C10H16O4.C2H4/c1-13-8(11)10(9(12)14-2)6-4-3-5-7-10;1-2/h3-7H2,1-2H3;1-2H2. The van der Waals surface area contributed by atoms with Crippen molar-refractivity contribution in [1.82, 2.24) is 0 Å². The maximum absolute atomic E-state index is 11.6. The van der Waals surface area contributed by atoms with Crippen LogP contribution in [0.5, 0.6) is 0 Å². The molecule has 0 aromatic carbocycles. The maximum atomic E-state index is 11.6.